The smallest absolute Gasteiger partial charge is 0.432 e. The summed E-state index contributed by atoms with van der Waals surface area (Å²) in [5.41, 5.74) is 2.81. The Labute approximate surface area is 836 Å². The predicted molar refractivity (Wildman–Crippen MR) is 502 cm³/mol. The lowest BCUT2D eigenvalue weighted by molar-refractivity contribution is -0.884. The molecule has 0 aromatic heterocycles. The standard InChI is InChI=1S/3C17H21O2S.2C11H10F10O7S.2C10H16N.CH4O3S/c3*1-18-10-11-19-16-8-9-17(20-12-4-5-13-20)15-7-3-2-6-14(15)16;2*1-8(12,13)6(9(14,15)16)27-4(22)2-3-5(23)28-7(10(17,18)19)11(20,21)29(24,25)26;2*1-11(2,3)9-10-7-5-4-6-8-10;1-5(2,3)4/h3*2-3,6-9H,4-5,10-13H2,1H3;2*6-7H,2-3H2,1H3,(H,24,25,26);2*4-8H,9H2,1-3H3;1H3,(H,2,3,4)/q3*+1;;;2*+1;/p-3. The largest absolute Gasteiger partial charge is 0.748 e. The summed E-state index contributed by atoms with van der Waals surface area (Å²) in [7, 11) is 1.73. The highest BCUT2D eigenvalue weighted by molar-refractivity contribution is 7.98. The van der Waals surface area contributed by atoms with Crippen molar-refractivity contribution in [3.05, 3.63) is 181 Å². The molecule has 0 radical (unpaired) electrons. The SMILES string of the molecule is CC(F)(F)C(OC(=O)CCC(=O)OC(C(F)(F)F)C(F)(F)S(=O)(=O)[O-])C(F)(F)F.CC(F)(F)C(OC(=O)CCC(=O)OC(C(F)(F)F)C(F)(F)S(=O)(=O)[O-])C(F)(F)F.COCCOc1ccc([S+]2CCCC2)c2ccccc12.COCCOc1ccc([S+]2CCCC2)c2ccccc12.COCCOc1ccc([S+]2CCCC2)c2ccccc12.CS(=O)(=O)[O-].C[N+](C)(C)Cc1ccccc1.C[N+](C)(C)Cc1ccccc1. The Balaban J connectivity index is 0.000000356. The van der Waals surface area contributed by atoms with E-state index in [-0.39, 0.29) is 13.8 Å². The van der Waals surface area contributed by atoms with Crippen molar-refractivity contribution in [3.8, 4) is 17.2 Å². The lowest BCUT2D eigenvalue weighted by atomic mass is 10.1. The van der Waals surface area contributed by atoms with Gasteiger partial charge in [0.1, 0.15) is 84.7 Å². The van der Waals surface area contributed by atoms with E-state index in [1.807, 2.05) is 0 Å². The monoisotopic (exact) mass is 2210 g/mol. The minimum absolute atomic E-state index is 0.286. The maximum Gasteiger partial charge on any atom is 0.432 e. The van der Waals surface area contributed by atoms with Gasteiger partial charge in [-0.05, 0) is 93.1 Å². The number of carbonyl (C=O) groups excluding carboxylic acids is 4. The summed E-state index contributed by atoms with van der Waals surface area (Å²) in [6.45, 7) is 5.31. The molecule has 4 atom stereocenters. The number of nitrogens with zero attached hydrogens (tertiary/aromatic N) is 2. The van der Waals surface area contributed by atoms with Crippen LogP contribution >= 0.6 is 0 Å². The Bertz CT molecular complexity index is 5240. The summed E-state index contributed by atoms with van der Waals surface area (Å²) in [5, 5.41) is -4.56. The van der Waals surface area contributed by atoms with Crippen molar-refractivity contribution in [1.82, 2.24) is 0 Å². The zero-order valence-electron chi connectivity index (χ0n) is 80.7. The quantitative estimate of drug-likeness (QED) is 0.00677. The lowest BCUT2D eigenvalue weighted by Crippen LogP contribution is -2.52. The molecule has 0 saturated carbocycles. The molecular formula is C94H116F20N2O23S6+2. The van der Waals surface area contributed by atoms with Crippen molar-refractivity contribution >= 4 is 119 Å². The van der Waals surface area contributed by atoms with Crippen LogP contribution in [0.15, 0.2) is 185 Å². The average molecular weight is 2210 g/mol. The van der Waals surface area contributed by atoms with E-state index in [1.165, 1.54) is 131 Å². The minimum atomic E-state index is -6.99. The van der Waals surface area contributed by atoms with Crippen LogP contribution in [0.2, 0.25) is 0 Å². The van der Waals surface area contributed by atoms with Crippen LogP contribution in [0.5, 0.6) is 17.2 Å². The number of carbonyl (C=O) groups is 4. The Morgan fingerprint density at radius 3 is 0.703 bits per heavy atom. The van der Waals surface area contributed by atoms with Gasteiger partial charge in [-0.25, -0.2) is 42.8 Å². The van der Waals surface area contributed by atoms with Gasteiger partial charge in [0, 0.05) is 118 Å². The molecule has 3 heterocycles. The van der Waals surface area contributed by atoms with Crippen molar-refractivity contribution in [1.29, 1.82) is 0 Å². The first kappa shape index (κ1) is 128. The van der Waals surface area contributed by atoms with Gasteiger partial charge in [0.05, 0.1) is 97.9 Å². The fourth-order valence-corrected chi connectivity index (χ4v) is 21.8. The van der Waals surface area contributed by atoms with Crippen LogP contribution in [-0.4, -0.2) is 287 Å². The molecule has 8 aromatic rings. The first-order chi connectivity index (χ1) is 66.9. The molecule has 0 amide bonds. The summed E-state index contributed by atoms with van der Waals surface area (Å²) in [5.74, 6) is -7.47. The van der Waals surface area contributed by atoms with Gasteiger partial charge in [0.15, 0.2) is 34.9 Å². The third-order valence-corrected chi connectivity index (χ3v) is 29.0. The lowest BCUT2D eigenvalue weighted by Gasteiger charge is -2.29. The molecular weight excluding hydrogens is 2100 g/mol. The molecule has 3 fully saturated rings. The fourth-order valence-electron chi connectivity index (χ4n) is 13.5. The van der Waals surface area contributed by atoms with Gasteiger partial charge in [-0.1, -0.05) is 115 Å². The van der Waals surface area contributed by atoms with Crippen LogP contribution in [0.25, 0.3) is 32.3 Å². The Kier molecular flexibility index (Phi) is 50.5. The number of quaternary nitrogens is 2. The number of hydrogen-bond acceptors (Lipinski definition) is 23. The molecule has 3 saturated heterocycles. The normalized spacial score (nSPS) is 15.2. The number of halogens is 20. The van der Waals surface area contributed by atoms with Crippen LogP contribution in [0, 0.1) is 0 Å². The van der Waals surface area contributed by atoms with Crippen LogP contribution in [-0.2, 0) is 128 Å². The molecule has 0 aliphatic carbocycles. The highest BCUT2D eigenvalue weighted by atomic mass is 32.2. The number of fused-ring (bicyclic) bond motifs is 3. The number of hydrogen-bond donors (Lipinski definition) is 0. The molecule has 145 heavy (non-hydrogen) atoms. The molecule has 8 aromatic carbocycles. The topological polar surface area (TPSA) is 332 Å². The van der Waals surface area contributed by atoms with Crippen molar-refractivity contribution in [2.24, 2.45) is 0 Å². The van der Waals surface area contributed by atoms with Crippen LogP contribution in [0.3, 0.4) is 0 Å². The van der Waals surface area contributed by atoms with E-state index in [2.05, 4.69) is 231 Å². The number of ether oxygens (including phenoxy) is 10. The van der Waals surface area contributed by atoms with Crippen molar-refractivity contribution in [2.45, 2.75) is 177 Å². The maximum atomic E-state index is 13.1. The third kappa shape index (κ3) is 45.5. The number of methoxy groups -OCH3 is 3. The summed E-state index contributed by atoms with van der Waals surface area (Å²) < 4.78 is 389. The zero-order valence-corrected chi connectivity index (χ0v) is 85.6. The molecule has 51 heteroatoms. The predicted octanol–water partition coefficient (Wildman–Crippen LogP) is 18.9. The van der Waals surface area contributed by atoms with Crippen molar-refractivity contribution < 1.29 is 202 Å². The van der Waals surface area contributed by atoms with Crippen molar-refractivity contribution in [3.63, 3.8) is 0 Å². The van der Waals surface area contributed by atoms with Crippen LogP contribution in [0.4, 0.5) is 87.8 Å². The minimum Gasteiger partial charge on any atom is -0.748 e. The van der Waals surface area contributed by atoms with Gasteiger partial charge in [0.25, 0.3) is 36.3 Å². The second kappa shape index (κ2) is 57.1. The van der Waals surface area contributed by atoms with E-state index in [1.54, 1.807) is 21.3 Å². The highest BCUT2D eigenvalue weighted by Crippen LogP contribution is 2.44. The third-order valence-electron chi connectivity index (χ3n) is 19.6. The molecule has 3 aliphatic rings. The van der Waals surface area contributed by atoms with E-state index < -0.39 is 151 Å². The van der Waals surface area contributed by atoms with E-state index >= 15 is 0 Å². The molecule has 3 aliphatic heterocycles. The summed E-state index contributed by atoms with van der Waals surface area (Å²) in [6, 6.07) is 60.3. The molecule has 0 N–H and O–H groups in total. The molecule has 4 unspecified atom stereocenters. The molecule has 0 bridgehead atoms. The molecule has 0 spiro atoms. The molecule has 814 valence electrons. The average Bonchev–Trinajstić information content (AvgIpc) is 1.26. The van der Waals surface area contributed by atoms with Crippen LogP contribution < -0.4 is 14.2 Å². The number of alkyl halides is 20. The first-order valence-corrected chi connectivity index (χ1v) is 53.2. The molecule has 11 rings (SSSR count). The van der Waals surface area contributed by atoms with E-state index in [0.29, 0.717) is 78.6 Å². The van der Waals surface area contributed by atoms with E-state index in [4.69, 9.17) is 41.4 Å². The number of rotatable bonds is 35. The van der Waals surface area contributed by atoms with Gasteiger partial charge < -0.3 is 70.0 Å². The Hall–Kier alpha value is -9.00. The van der Waals surface area contributed by atoms with Gasteiger partial charge in [0.2, 0.25) is 0 Å². The molecule has 25 nitrogen and oxygen atoms in total. The Morgan fingerprint density at radius 2 is 0.517 bits per heavy atom. The maximum absolute atomic E-state index is 13.1. The fraction of sp³-hybridized carbons (Fsp3) is 0.511. The summed E-state index contributed by atoms with van der Waals surface area (Å²) in [6.07, 6.45) is -39.5. The van der Waals surface area contributed by atoms with Gasteiger partial charge in [-0.3, -0.25) is 19.2 Å². The highest BCUT2D eigenvalue weighted by Gasteiger charge is 2.65. The number of benzene rings is 8. The Morgan fingerprint density at radius 1 is 0.317 bits per heavy atom. The number of esters is 4. The van der Waals surface area contributed by atoms with Gasteiger partial charge in [-0.2, -0.15) is 70.2 Å². The second-order valence-electron chi connectivity index (χ2n) is 34.3. The zero-order chi connectivity index (χ0) is 110. The first-order valence-electron chi connectivity index (χ1n) is 43.9. The van der Waals surface area contributed by atoms with Gasteiger partial charge >= 0.3 is 59.1 Å². The summed E-state index contributed by atoms with van der Waals surface area (Å²) in [4.78, 5) is 49.1. The van der Waals surface area contributed by atoms with Crippen LogP contribution in [0.1, 0.15) is 89.2 Å². The van der Waals surface area contributed by atoms with Gasteiger partial charge in [-0.15, -0.1) is 0 Å². The van der Waals surface area contributed by atoms with E-state index in [0.717, 1.165) is 39.3 Å². The van der Waals surface area contributed by atoms with E-state index in [9.17, 15) is 133 Å². The summed E-state index contributed by atoms with van der Waals surface area (Å²) >= 11 is 0. The second-order valence-corrected chi connectivity index (χ2v) is 45.4. The van der Waals surface area contributed by atoms with Crippen molar-refractivity contribution in [2.75, 3.05) is 144 Å².